The SMILES string of the molecule is CCCCC(C)CCCCCCCCCCC(=O)O. The number of carbonyl (C=O) groups is 1. The van der Waals surface area contributed by atoms with Gasteiger partial charge < -0.3 is 5.11 Å². The maximum absolute atomic E-state index is 10.3. The van der Waals surface area contributed by atoms with E-state index < -0.39 is 5.97 Å². The molecule has 0 amide bonds. The lowest BCUT2D eigenvalue weighted by atomic mass is 9.97. The summed E-state index contributed by atoms with van der Waals surface area (Å²) in [5, 5.41) is 8.51. The molecule has 1 N–H and O–H groups in total. The van der Waals surface area contributed by atoms with Crippen LogP contribution in [0.25, 0.3) is 0 Å². The van der Waals surface area contributed by atoms with Gasteiger partial charge in [-0.3, -0.25) is 4.79 Å². The molecule has 19 heavy (non-hydrogen) atoms. The first-order valence-corrected chi connectivity index (χ1v) is 8.38. The van der Waals surface area contributed by atoms with Crippen LogP contribution in [-0.2, 0) is 4.79 Å². The lowest BCUT2D eigenvalue weighted by Crippen LogP contribution is -1.94. The standard InChI is InChI=1S/C17H34O2/c1-3-4-13-16(2)14-11-9-7-5-6-8-10-12-15-17(18)19/h16H,3-15H2,1-2H3,(H,18,19). The highest BCUT2D eigenvalue weighted by Crippen LogP contribution is 2.17. The molecule has 0 bridgehead atoms. The Morgan fingerprint density at radius 2 is 1.32 bits per heavy atom. The monoisotopic (exact) mass is 270 g/mol. The highest BCUT2D eigenvalue weighted by atomic mass is 16.4. The van der Waals surface area contributed by atoms with E-state index in [9.17, 15) is 4.79 Å². The van der Waals surface area contributed by atoms with Crippen LogP contribution in [0.15, 0.2) is 0 Å². The maximum Gasteiger partial charge on any atom is 0.303 e. The first-order valence-electron chi connectivity index (χ1n) is 8.38. The largest absolute Gasteiger partial charge is 0.481 e. The Labute approximate surface area is 120 Å². The Morgan fingerprint density at radius 1 is 0.842 bits per heavy atom. The highest BCUT2D eigenvalue weighted by Gasteiger charge is 2.01. The van der Waals surface area contributed by atoms with Crippen LogP contribution >= 0.6 is 0 Å². The van der Waals surface area contributed by atoms with Crippen LogP contribution in [0.1, 0.15) is 97.3 Å². The fraction of sp³-hybridized carbons (Fsp3) is 0.941. The molecule has 0 aromatic rings. The van der Waals surface area contributed by atoms with E-state index >= 15 is 0 Å². The number of unbranched alkanes of at least 4 members (excludes halogenated alkanes) is 8. The number of carboxylic acids is 1. The zero-order valence-electron chi connectivity index (χ0n) is 13.1. The van der Waals surface area contributed by atoms with Gasteiger partial charge >= 0.3 is 5.97 Å². The Balaban J connectivity index is 3.08. The summed E-state index contributed by atoms with van der Waals surface area (Å²) >= 11 is 0. The Hall–Kier alpha value is -0.530. The molecule has 0 aromatic carbocycles. The van der Waals surface area contributed by atoms with Crippen LogP contribution in [0.2, 0.25) is 0 Å². The van der Waals surface area contributed by atoms with Crippen molar-refractivity contribution in [2.75, 3.05) is 0 Å². The summed E-state index contributed by atoms with van der Waals surface area (Å²) in [7, 11) is 0. The first kappa shape index (κ1) is 18.5. The molecule has 0 spiro atoms. The fourth-order valence-electron chi connectivity index (χ4n) is 2.53. The van der Waals surface area contributed by atoms with Crippen LogP contribution < -0.4 is 0 Å². The van der Waals surface area contributed by atoms with Crippen LogP contribution in [0.3, 0.4) is 0 Å². The molecule has 0 aliphatic carbocycles. The number of hydrogen-bond donors (Lipinski definition) is 1. The predicted octanol–water partition coefficient (Wildman–Crippen LogP) is 5.80. The van der Waals surface area contributed by atoms with Crippen molar-refractivity contribution in [2.45, 2.75) is 97.3 Å². The predicted molar refractivity (Wildman–Crippen MR) is 82.5 cm³/mol. The summed E-state index contributed by atoms with van der Waals surface area (Å²) in [6.45, 7) is 4.65. The Bertz CT molecular complexity index is 201. The topological polar surface area (TPSA) is 37.3 Å². The minimum atomic E-state index is -0.655. The van der Waals surface area contributed by atoms with Crippen molar-refractivity contribution in [1.29, 1.82) is 0 Å². The van der Waals surface area contributed by atoms with Gasteiger partial charge in [0.2, 0.25) is 0 Å². The van der Waals surface area contributed by atoms with Crippen LogP contribution in [0, 0.1) is 5.92 Å². The second-order valence-electron chi connectivity index (χ2n) is 6.01. The lowest BCUT2D eigenvalue weighted by Gasteiger charge is -2.10. The third-order valence-corrected chi connectivity index (χ3v) is 3.89. The number of aliphatic carboxylic acids is 1. The van der Waals surface area contributed by atoms with Gasteiger partial charge in [-0.2, -0.15) is 0 Å². The van der Waals surface area contributed by atoms with Gasteiger partial charge in [-0.05, 0) is 12.3 Å². The quantitative estimate of drug-likeness (QED) is 0.405. The van der Waals surface area contributed by atoms with Crippen molar-refractivity contribution in [3.63, 3.8) is 0 Å². The van der Waals surface area contributed by atoms with Gasteiger partial charge in [0.05, 0.1) is 0 Å². The van der Waals surface area contributed by atoms with Gasteiger partial charge in [-0.25, -0.2) is 0 Å². The molecule has 2 nitrogen and oxygen atoms in total. The van der Waals surface area contributed by atoms with E-state index in [1.807, 2.05) is 0 Å². The summed E-state index contributed by atoms with van der Waals surface area (Å²) in [6.07, 6.45) is 15.7. The number of rotatable bonds is 14. The first-order chi connectivity index (χ1) is 9.16. The van der Waals surface area contributed by atoms with Gasteiger partial charge in [-0.1, -0.05) is 84.5 Å². The molecule has 0 heterocycles. The molecular formula is C17H34O2. The molecule has 0 radical (unpaired) electrons. The molecule has 0 aromatic heterocycles. The zero-order chi connectivity index (χ0) is 14.3. The van der Waals surface area contributed by atoms with Gasteiger partial charge in [0.25, 0.3) is 0 Å². The third kappa shape index (κ3) is 15.4. The van der Waals surface area contributed by atoms with Gasteiger partial charge in [0.15, 0.2) is 0 Å². The molecule has 1 unspecified atom stereocenters. The van der Waals surface area contributed by atoms with Crippen molar-refractivity contribution in [2.24, 2.45) is 5.92 Å². The molecule has 2 heteroatoms. The second kappa shape index (κ2) is 13.9. The molecule has 0 saturated carbocycles. The van der Waals surface area contributed by atoms with E-state index in [1.165, 1.54) is 64.2 Å². The van der Waals surface area contributed by atoms with Crippen LogP contribution in [0.5, 0.6) is 0 Å². The number of hydrogen-bond acceptors (Lipinski definition) is 1. The molecule has 0 rings (SSSR count). The fourth-order valence-corrected chi connectivity index (χ4v) is 2.53. The normalized spacial score (nSPS) is 12.5. The van der Waals surface area contributed by atoms with Crippen molar-refractivity contribution in [1.82, 2.24) is 0 Å². The van der Waals surface area contributed by atoms with E-state index in [-0.39, 0.29) is 0 Å². The van der Waals surface area contributed by atoms with Gasteiger partial charge in [0, 0.05) is 6.42 Å². The average molecular weight is 270 g/mol. The molecule has 0 saturated heterocycles. The zero-order valence-corrected chi connectivity index (χ0v) is 13.1. The van der Waals surface area contributed by atoms with Crippen molar-refractivity contribution in [3.8, 4) is 0 Å². The lowest BCUT2D eigenvalue weighted by molar-refractivity contribution is -0.137. The summed E-state index contributed by atoms with van der Waals surface area (Å²) in [5.41, 5.74) is 0. The van der Waals surface area contributed by atoms with E-state index in [2.05, 4.69) is 13.8 Å². The van der Waals surface area contributed by atoms with E-state index in [1.54, 1.807) is 0 Å². The van der Waals surface area contributed by atoms with Crippen LogP contribution in [-0.4, -0.2) is 11.1 Å². The molecule has 1 atom stereocenters. The van der Waals surface area contributed by atoms with Crippen molar-refractivity contribution in [3.05, 3.63) is 0 Å². The summed E-state index contributed by atoms with van der Waals surface area (Å²) in [6, 6.07) is 0. The molecule has 0 fully saturated rings. The Kier molecular flexibility index (Phi) is 13.5. The summed E-state index contributed by atoms with van der Waals surface area (Å²) in [4.78, 5) is 10.3. The minimum absolute atomic E-state index is 0.343. The molecule has 0 aliphatic rings. The average Bonchev–Trinajstić information content (AvgIpc) is 2.38. The van der Waals surface area contributed by atoms with Crippen molar-refractivity contribution >= 4 is 5.97 Å². The van der Waals surface area contributed by atoms with E-state index in [0.717, 1.165) is 18.8 Å². The summed E-state index contributed by atoms with van der Waals surface area (Å²) in [5.74, 6) is 0.258. The van der Waals surface area contributed by atoms with E-state index in [4.69, 9.17) is 5.11 Å². The maximum atomic E-state index is 10.3. The minimum Gasteiger partial charge on any atom is -0.481 e. The van der Waals surface area contributed by atoms with Crippen molar-refractivity contribution < 1.29 is 9.90 Å². The van der Waals surface area contributed by atoms with Gasteiger partial charge in [0.1, 0.15) is 0 Å². The Morgan fingerprint density at radius 3 is 1.84 bits per heavy atom. The number of carboxylic acid groups (broad SMARTS) is 1. The third-order valence-electron chi connectivity index (χ3n) is 3.89. The molecule has 114 valence electrons. The smallest absolute Gasteiger partial charge is 0.303 e. The van der Waals surface area contributed by atoms with E-state index in [0.29, 0.717) is 6.42 Å². The van der Waals surface area contributed by atoms with Crippen LogP contribution in [0.4, 0.5) is 0 Å². The second-order valence-corrected chi connectivity index (χ2v) is 6.01. The molecule has 0 aliphatic heterocycles. The molecular weight excluding hydrogens is 236 g/mol. The highest BCUT2D eigenvalue weighted by molar-refractivity contribution is 5.66. The van der Waals surface area contributed by atoms with Gasteiger partial charge in [-0.15, -0.1) is 0 Å². The summed E-state index contributed by atoms with van der Waals surface area (Å²) < 4.78 is 0.